The zero-order valence-electron chi connectivity index (χ0n) is 16.0. The van der Waals surface area contributed by atoms with E-state index in [1.54, 1.807) is 18.2 Å². The van der Waals surface area contributed by atoms with Crippen LogP contribution in [-0.4, -0.2) is 17.4 Å². The average molecular weight is 425 g/mol. The number of amides is 1. The molecule has 6 heteroatoms. The van der Waals surface area contributed by atoms with Crippen LogP contribution in [0.3, 0.4) is 0 Å². The number of carbonyl (C=O) groups excluding carboxylic acids is 1. The highest BCUT2D eigenvalue weighted by Gasteiger charge is 2.09. The molecule has 0 aliphatic carbocycles. The van der Waals surface area contributed by atoms with Gasteiger partial charge in [0.15, 0.2) is 0 Å². The van der Waals surface area contributed by atoms with Crippen molar-refractivity contribution in [2.45, 2.75) is 12.8 Å². The van der Waals surface area contributed by atoms with Crippen LogP contribution in [0.5, 0.6) is 0 Å². The van der Waals surface area contributed by atoms with Crippen LogP contribution in [0.4, 0.5) is 8.78 Å². The van der Waals surface area contributed by atoms with Gasteiger partial charge in [-0.25, -0.2) is 8.78 Å². The SMILES string of the molecule is O=C(NCCc1c[nH]c2ccc(Cl)cc12)c1cccc(Cc2cc(F)cc(F)c2)c1. The summed E-state index contributed by atoms with van der Waals surface area (Å²) in [6, 6.07) is 16.1. The maximum atomic E-state index is 13.4. The molecule has 1 amide bonds. The van der Waals surface area contributed by atoms with Gasteiger partial charge >= 0.3 is 0 Å². The van der Waals surface area contributed by atoms with E-state index in [-0.39, 0.29) is 5.91 Å². The highest BCUT2D eigenvalue weighted by atomic mass is 35.5. The first-order chi connectivity index (χ1) is 14.5. The Morgan fingerprint density at radius 1 is 0.967 bits per heavy atom. The molecular weight excluding hydrogens is 406 g/mol. The number of rotatable bonds is 6. The van der Waals surface area contributed by atoms with Crippen LogP contribution in [0.1, 0.15) is 27.0 Å². The first-order valence-electron chi connectivity index (χ1n) is 9.55. The zero-order valence-corrected chi connectivity index (χ0v) is 16.8. The van der Waals surface area contributed by atoms with E-state index in [1.807, 2.05) is 30.5 Å². The monoisotopic (exact) mass is 424 g/mol. The number of fused-ring (bicyclic) bond motifs is 1. The molecule has 0 aliphatic rings. The van der Waals surface area contributed by atoms with Gasteiger partial charge in [-0.15, -0.1) is 0 Å². The highest BCUT2D eigenvalue weighted by Crippen LogP contribution is 2.22. The fraction of sp³-hybridized carbons (Fsp3) is 0.125. The van der Waals surface area contributed by atoms with Gasteiger partial charge in [0.2, 0.25) is 0 Å². The Hall–Kier alpha value is -3.18. The van der Waals surface area contributed by atoms with Gasteiger partial charge in [-0.3, -0.25) is 4.79 Å². The van der Waals surface area contributed by atoms with Crippen LogP contribution < -0.4 is 5.32 Å². The Bertz CT molecular complexity index is 1200. The van der Waals surface area contributed by atoms with Crippen LogP contribution in [-0.2, 0) is 12.8 Å². The normalized spacial score (nSPS) is 11.0. The maximum Gasteiger partial charge on any atom is 0.251 e. The molecule has 1 aromatic heterocycles. The number of carbonyl (C=O) groups is 1. The van der Waals surface area contributed by atoms with Gasteiger partial charge in [0.05, 0.1) is 0 Å². The van der Waals surface area contributed by atoms with Gasteiger partial charge in [0, 0.05) is 40.3 Å². The van der Waals surface area contributed by atoms with Crippen molar-refractivity contribution in [3.05, 3.63) is 106 Å². The lowest BCUT2D eigenvalue weighted by Gasteiger charge is -2.08. The minimum absolute atomic E-state index is 0.194. The van der Waals surface area contributed by atoms with Gasteiger partial charge in [0.25, 0.3) is 5.91 Å². The van der Waals surface area contributed by atoms with Crippen molar-refractivity contribution in [2.24, 2.45) is 0 Å². The summed E-state index contributed by atoms with van der Waals surface area (Å²) in [6.07, 6.45) is 2.92. The van der Waals surface area contributed by atoms with Crippen LogP contribution >= 0.6 is 11.6 Å². The molecule has 0 spiro atoms. The van der Waals surface area contributed by atoms with E-state index in [4.69, 9.17) is 11.6 Å². The van der Waals surface area contributed by atoms with E-state index < -0.39 is 11.6 Å². The highest BCUT2D eigenvalue weighted by molar-refractivity contribution is 6.31. The third-order valence-corrected chi connectivity index (χ3v) is 5.16. The van der Waals surface area contributed by atoms with Gasteiger partial charge < -0.3 is 10.3 Å². The van der Waals surface area contributed by atoms with Crippen molar-refractivity contribution >= 4 is 28.4 Å². The minimum atomic E-state index is -0.613. The van der Waals surface area contributed by atoms with Gasteiger partial charge in [-0.1, -0.05) is 23.7 Å². The number of halogens is 3. The van der Waals surface area contributed by atoms with E-state index in [2.05, 4.69) is 10.3 Å². The smallest absolute Gasteiger partial charge is 0.251 e. The fourth-order valence-corrected chi connectivity index (χ4v) is 3.71. The number of hydrogen-bond acceptors (Lipinski definition) is 1. The van der Waals surface area contributed by atoms with Crippen molar-refractivity contribution in [3.8, 4) is 0 Å². The molecule has 3 aromatic carbocycles. The summed E-state index contributed by atoms with van der Waals surface area (Å²) in [4.78, 5) is 15.7. The van der Waals surface area contributed by atoms with Crippen LogP contribution in [0, 0.1) is 11.6 Å². The van der Waals surface area contributed by atoms with E-state index in [0.29, 0.717) is 35.5 Å². The van der Waals surface area contributed by atoms with Crippen LogP contribution in [0.15, 0.2) is 66.9 Å². The minimum Gasteiger partial charge on any atom is -0.361 e. The molecule has 3 nitrogen and oxygen atoms in total. The van der Waals surface area contributed by atoms with E-state index in [9.17, 15) is 13.6 Å². The molecule has 0 saturated carbocycles. The molecule has 0 fully saturated rings. The second-order valence-corrected chi connectivity index (χ2v) is 7.60. The summed E-state index contributed by atoms with van der Waals surface area (Å²) < 4.78 is 26.8. The van der Waals surface area contributed by atoms with Crippen molar-refractivity contribution in [1.82, 2.24) is 10.3 Å². The van der Waals surface area contributed by atoms with Crippen LogP contribution in [0.2, 0.25) is 5.02 Å². The molecule has 4 rings (SSSR count). The summed E-state index contributed by atoms with van der Waals surface area (Å²) in [7, 11) is 0. The lowest BCUT2D eigenvalue weighted by Crippen LogP contribution is -2.25. The molecule has 0 atom stereocenters. The molecule has 152 valence electrons. The zero-order chi connectivity index (χ0) is 21.1. The molecule has 1 heterocycles. The Morgan fingerprint density at radius 3 is 2.57 bits per heavy atom. The van der Waals surface area contributed by atoms with Crippen LogP contribution in [0.25, 0.3) is 10.9 Å². The van der Waals surface area contributed by atoms with Gasteiger partial charge in [-0.05, 0) is 72.0 Å². The standard InChI is InChI=1S/C24H19ClF2N2O/c25-19-4-5-23-22(12-19)18(14-29-23)6-7-28-24(30)17-3-1-2-15(9-17)8-16-10-20(26)13-21(27)11-16/h1-5,9-14,29H,6-8H2,(H,28,30). The van der Waals surface area contributed by atoms with E-state index in [1.165, 1.54) is 12.1 Å². The summed E-state index contributed by atoms with van der Waals surface area (Å²) in [5.74, 6) is -1.42. The number of aromatic amines is 1. The number of nitrogens with one attached hydrogen (secondary N) is 2. The third kappa shape index (κ3) is 4.69. The molecule has 0 bridgehead atoms. The van der Waals surface area contributed by atoms with E-state index in [0.717, 1.165) is 28.1 Å². The topological polar surface area (TPSA) is 44.9 Å². The molecule has 0 radical (unpaired) electrons. The second kappa shape index (κ2) is 8.67. The van der Waals surface area contributed by atoms with E-state index >= 15 is 0 Å². The fourth-order valence-electron chi connectivity index (χ4n) is 3.54. The van der Waals surface area contributed by atoms with Crippen molar-refractivity contribution in [3.63, 3.8) is 0 Å². The molecule has 30 heavy (non-hydrogen) atoms. The Balaban J connectivity index is 1.40. The Kier molecular flexibility index (Phi) is 5.81. The summed E-state index contributed by atoms with van der Waals surface area (Å²) in [6.45, 7) is 0.470. The predicted molar refractivity (Wildman–Crippen MR) is 115 cm³/mol. The van der Waals surface area contributed by atoms with Crippen molar-refractivity contribution < 1.29 is 13.6 Å². The van der Waals surface area contributed by atoms with Gasteiger partial charge in [-0.2, -0.15) is 0 Å². The number of benzene rings is 3. The Morgan fingerprint density at radius 2 is 1.77 bits per heavy atom. The number of hydrogen-bond donors (Lipinski definition) is 2. The third-order valence-electron chi connectivity index (χ3n) is 4.93. The summed E-state index contributed by atoms with van der Waals surface area (Å²) in [5, 5.41) is 4.63. The molecule has 2 N–H and O–H groups in total. The van der Waals surface area contributed by atoms with Crippen molar-refractivity contribution in [1.29, 1.82) is 0 Å². The number of H-pyrrole nitrogens is 1. The first kappa shape index (κ1) is 20.1. The largest absolute Gasteiger partial charge is 0.361 e. The summed E-state index contributed by atoms with van der Waals surface area (Å²) in [5.41, 5.74) is 3.91. The molecular formula is C24H19ClF2N2O. The Labute approximate surface area is 177 Å². The van der Waals surface area contributed by atoms with Gasteiger partial charge in [0.1, 0.15) is 11.6 Å². The number of aromatic nitrogens is 1. The maximum absolute atomic E-state index is 13.4. The quantitative estimate of drug-likeness (QED) is 0.412. The molecule has 0 aliphatic heterocycles. The summed E-state index contributed by atoms with van der Waals surface area (Å²) >= 11 is 6.08. The first-order valence-corrected chi connectivity index (χ1v) is 9.93. The molecule has 4 aromatic rings. The predicted octanol–water partition coefficient (Wildman–Crippen LogP) is 5.66. The van der Waals surface area contributed by atoms with Crippen molar-refractivity contribution in [2.75, 3.05) is 6.54 Å². The lowest BCUT2D eigenvalue weighted by molar-refractivity contribution is 0.0954. The molecule has 0 saturated heterocycles. The molecule has 0 unspecified atom stereocenters. The second-order valence-electron chi connectivity index (χ2n) is 7.16. The lowest BCUT2D eigenvalue weighted by atomic mass is 10.0. The average Bonchev–Trinajstić information content (AvgIpc) is 3.09.